The molecular formula is C13H8BrClIN3. The third-order valence-electron chi connectivity index (χ3n) is 2.80. The third kappa shape index (κ3) is 2.34. The van der Waals surface area contributed by atoms with E-state index in [2.05, 4.69) is 43.5 Å². The van der Waals surface area contributed by atoms with Crippen LogP contribution in [-0.2, 0) is 0 Å². The van der Waals surface area contributed by atoms with E-state index in [9.17, 15) is 0 Å². The molecule has 0 aliphatic carbocycles. The average molecular weight is 448 g/mol. The summed E-state index contributed by atoms with van der Waals surface area (Å²) in [7, 11) is 0. The predicted octanol–water partition coefficient (Wildman–Crippen LogP) is 4.63. The molecule has 96 valence electrons. The van der Waals surface area contributed by atoms with Gasteiger partial charge in [0, 0.05) is 8.04 Å². The first kappa shape index (κ1) is 13.2. The Morgan fingerprint density at radius 2 is 2.00 bits per heavy atom. The second-order valence-corrected chi connectivity index (χ2v) is 6.54. The van der Waals surface area contributed by atoms with E-state index >= 15 is 0 Å². The van der Waals surface area contributed by atoms with E-state index in [-0.39, 0.29) is 0 Å². The van der Waals surface area contributed by atoms with Gasteiger partial charge in [0.1, 0.15) is 0 Å². The lowest BCUT2D eigenvalue weighted by atomic mass is 10.3. The quantitative estimate of drug-likeness (QED) is 0.552. The maximum Gasteiger partial charge on any atom is 0.205 e. The average Bonchev–Trinajstić information content (AvgIpc) is 2.68. The number of aromatic nitrogens is 2. The van der Waals surface area contributed by atoms with Gasteiger partial charge in [-0.1, -0.05) is 11.6 Å². The highest BCUT2D eigenvalue weighted by Crippen LogP contribution is 2.29. The third-order valence-corrected chi connectivity index (χ3v) is 4.69. The lowest BCUT2D eigenvalue weighted by Gasteiger charge is -2.07. The SMILES string of the molecule is Nc1nc2cc(I)ccc2n1-c1ccc(Cl)c(Br)c1. The summed E-state index contributed by atoms with van der Waals surface area (Å²) >= 11 is 11.7. The van der Waals surface area contributed by atoms with E-state index in [0.29, 0.717) is 11.0 Å². The van der Waals surface area contributed by atoms with Gasteiger partial charge in [0.05, 0.1) is 21.7 Å². The Kier molecular flexibility index (Phi) is 3.44. The number of nitrogens with two attached hydrogens (primary N) is 1. The van der Waals surface area contributed by atoms with E-state index in [1.165, 1.54) is 0 Å². The monoisotopic (exact) mass is 447 g/mol. The van der Waals surface area contributed by atoms with E-state index in [0.717, 1.165) is 24.8 Å². The molecule has 0 radical (unpaired) electrons. The predicted molar refractivity (Wildman–Crippen MR) is 90.9 cm³/mol. The van der Waals surface area contributed by atoms with Crippen LogP contribution in [0.2, 0.25) is 5.02 Å². The van der Waals surface area contributed by atoms with Crippen LogP contribution in [0, 0.1) is 3.57 Å². The lowest BCUT2D eigenvalue weighted by molar-refractivity contribution is 1.11. The number of halogens is 3. The molecule has 2 N–H and O–H groups in total. The van der Waals surface area contributed by atoms with Crippen LogP contribution < -0.4 is 5.73 Å². The number of rotatable bonds is 1. The van der Waals surface area contributed by atoms with Crippen molar-refractivity contribution in [2.24, 2.45) is 0 Å². The number of nitrogen functional groups attached to an aromatic ring is 1. The second kappa shape index (κ2) is 4.96. The zero-order valence-corrected chi connectivity index (χ0v) is 14.1. The summed E-state index contributed by atoms with van der Waals surface area (Å²) < 4.78 is 3.87. The molecule has 0 saturated heterocycles. The van der Waals surface area contributed by atoms with Gasteiger partial charge in [0.25, 0.3) is 0 Å². The first-order valence-electron chi connectivity index (χ1n) is 5.45. The minimum Gasteiger partial charge on any atom is -0.369 e. The van der Waals surface area contributed by atoms with Crippen molar-refractivity contribution in [1.82, 2.24) is 9.55 Å². The van der Waals surface area contributed by atoms with E-state index < -0.39 is 0 Å². The molecule has 0 aliphatic heterocycles. The van der Waals surface area contributed by atoms with Crippen molar-refractivity contribution in [2.45, 2.75) is 0 Å². The van der Waals surface area contributed by atoms with Gasteiger partial charge in [0.15, 0.2) is 0 Å². The van der Waals surface area contributed by atoms with E-state index in [1.54, 1.807) is 0 Å². The number of fused-ring (bicyclic) bond motifs is 1. The Balaban J connectivity index is 2.29. The Bertz CT molecular complexity index is 785. The van der Waals surface area contributed by atoms with Crippen LogP contribution in [0.3, 0.4) is 0 Å². The molecule has 19 heavy (non-hydrogen) atoms. The summed E-state index contributed by atoms with van der Waals surface area (Å²) in [5.74, 6) is 0.464. The Morgan fingerprint density at radius 3 is 2.74 bits per heavy atom. The zero-order valence-electron chi connectivity index (χ0n) is 9.57. The molecule has 6 heteroatoms. The molecular weight excluding hydrogens is 440 g/mol. The molecule has 0 fully saturated rings. The summed E-state index contributed by atoms with van der Waals surface area (Å²) in [4.78, 5) is 4.39. The Labute approximate surface area is 137 Å². The largest absolute Gasteiger partial charge is 0.369 e. The second-order valence-electron chi connectivity index (χ2n) is 4.04. The van der Waals surface area contributed by atoms with Gasteiger partial charge in [-0.15, -0.1) is 0 Å². The Hall–Kier alpha value is -0.790. The van der Waals surface area contributed by atoms with Gasteiger partial charge in [0.2, 0.25) is 5.95 Å². The highest BCUT2D eigenvalue weighted by Gasteiger charge is 2.11. The van der Waals surface area contributed by atoms with Crippen LogP contribution in [0.5, 0.6) is 0 Å². The van der Waals surface area contributed by atoms with Crippen LogP contribution in [0.15, 0.2) is 40.9 Å². The standard InChI is InChI=1S/C13H8BrClIN3/c14-9-6-8(2-3-10(9)15)19-12-4-1-7(16)5-11(12)18-13(19)17/h1-6H,(H2,17,18). The van der Waals surface area contributed by atoms with Gasteiger partial charge in [-0.2, -0.15) is 0 Å². The van der Waals surface area contributed by atoms with Gasteiger partial charge in [-0.25, -0.2) is 4.98 Å². The molecule has 1 heterocycles. The van der Waals surface area contributed by atoms with Crippen LogP contribution in [-0.4, -0.2) is 9.55 Å². The van der Waals surface area contributed by atoms with Crippen molar-refractivity contribution in [1.29, 1.82) is 0 Å². The lowest BCUT2D eigenvalue weighted by Crippen LogP contribution is -2.00. The molecule has 1 aromatic heterocycles. The molecule has 0 saturated carbocycles. The van der Waals surface area contributed by atoms with Crippen molar-refractivity contribution in [3.05, 3.63) is 49.5 Å². The van der Waals surface area contributed by atoms with Crippen molar-refractivity contribution >= 4 is 67.1 Å². The van der Waals surface area contributed by atoms with Crippen molar-refractivity contribution in [2.75, 3.05) is 5.73 Å². The van der Waals surface area contributed by atoms with Gasteiger partial charge >= 0.3 is 0 Å². The fraction of sp³-hybridized carbons (Fsp3) is 0. The highest BCUT2D eigenvalue weighted by molar-refractivity contribution is 14.1. The number of imidazole rings is 1. The molecule has 2 aromatic carbocycles. The first-order chi connectivity index (χ1) is 9.06. The maximum atomic E-state index is 6.02. The number of anilines is 1. The molecule has 0 aliphatic rings. The summed E-state index contributed by atoms with van der Waals surface area (Å²) in [5, 5.41) is 0.668. The molecule has 3 aromatic rings. The van der Waals surface area contributed by atoms with Crippen LogP contribution in [0.25, 0.3) is 16.7 Å². The maximum absolute atomic E-state index is 6.02. The van der Waals surface area contributed by atoms with Crippen molar-refractivity contribution in [3.63, 3.8) is 0 Å². The molecule has 0 atom stereocenters. The number of hydrogen-bond acceptors (Lipinski definition) is 2. The molecule has 0 unspecified atom stereocenters. The summed E-state index contributed by atoms with van der Waals surface area (Å²) in [6.45, 7) is 0. The molecule has 3 rings (SSSR count). The summed E-state index contributed by atoms with van der Waals surface area (Å²) in [5.41, 5.74) is 8.82. The highest BCUT2D eigenvalue weighted by atomic mass is 127. The minimum absolute atomic E-state index is 0.464. The van der Waals surface area contributed by atoms with Crippen LogP contribution >= 0.6 is 50.1 Å². The minimum atomic E-state index is 0.464. The summed E-state index contributed by atoms with van der Waals surface area (Å²) in [6.07, 6.45) is 0. The van der Waals surface area contributed by atoms with Gasteiger partial charge < -0.3 is 5.73 Å². The topological polar surface area (TPSA) is 43.8 Å². The fourth-order valence-corrected chi connectivity index (χ4v) is 2.93. The molecule has 0 bridgehead atoms. The normalized spacial score (nSPS) is 11.1. The number of benzene rings is 2. The van der Waals surface area contributed by atoms with E-state index in [1.807, 2.05) is 41.0 Å². The number of hydrogen-bond donors (Lipinski definition) is 1. The smallest absolute Gasteiger partial charge is 0.205 e. The molecule has 3 nitrogen and oxygen atoms in total. The van der Waals surface area contributed by atoms with Crippen LogP contribution in [0.1, 0.15) is 0 Å². The van der Waals surface area contributed by atoms with Crippen LogP contribution in [0.4, 0.5) is 5.95 Å². The van der Waals surface area contributed by atoms with Gasteiger partial charge in [-0.05, 0) is 74.9 Å². The molecule has 0 spiro atoms. The first-order valence-corrected chi connectivity index (χ1v) is 7.70. The van der Waals surface area contributed by atoms with Gasteiger partial charge in [-0.3, -0.25) is 4.57 Å². The fourth-order valence-electron chi connectivity index (χ4n) is 1.97. The van der Waals surface area contributed by atoms with Crippen molar-refractivity contribution < 1.29 is 0 Å². The van der Waals surface area contributed by atoms with E-state index in [4.69, 9.17) is 17.3 Å². The van der Waals surface area contributed by atoms with Crippen molar-refractivity contribution in [3.8, 4) is 5.69 Å². The summed E-state index contributed by atoms with van der Waals surface area (Å²) in [6, 6.07) is 11.7. The Morgan fingerprint density at radius 1 is 1.21 bits per heavy atom. The molecule has 0 amide bonds. The number of nitrogens with zero attached hydrogens (tertiary/aromatic N) is 2. The zero-order chi connectivity index (χ0) is 13.6.